The van der Waals surface area contributed by atoms with Crippen molar-refractivity contribution in [3.05, 3.63) is 12.7 Å². The van der Waals surface area contributed by atoms with Gasteiger partial charge in [0.05, 0.1) is 6.26 Å². The minimum absolute atomic E-state index is 0.257. The fraction of sp³-hybridized carbons (Fsp3) is 0.571. The molecule has 0 spiro atoms. The van der Waals surface area contributed by atoms with Gasteiger partial charge in [-0.15, -0.1) is 0 Å². The van der Waals surface area contributed by atoms with Gasteiger partial charge >= 0.3 is 5.97 Å². The van der Waals surface area contributed by atoms with Gasteiger partial charge in [-0.2, -0.15) is 8.42 Å². The van der Waals surface area contributed by atoms with E-state index in [1.165, 1.54) is 0 Å². The molecule has 0 aliphatic carbocycles. The van der Waals surface area contributed by atoms with Crippen molar-refractivity contribution in [3.63, 3.8) is 0 Å². The van der Waals surface area contributed by atoms with E-state index in [9.17, 15) is 13.2 Å². The SMILES string of the molecule is C=CC(=O)OC(CC)OS(C)(=O)=O. The molecule has 0 aromatic rings. The summed E-state index contributed by atoms with van der Waals surface area (Å²) in [7, 11) is -3.60. The number of carbonyl (C=O) groups excluding carboxylic acids is 1. The monoisotopic (exact) mass is 208 g/mol. The Morgan fingerprint density at radius 3 is 2.46 bits per heavy atom. The summed E-state index contributed by atoms with van der Waals surface area (Å²) in [5, 5.41) is 0. The molecule has 0 heterocycles. The third-order valence-electron chi connectivity index (χ3n) is 1.03. The Morgan fingerprint density at radius 2 is 2.15 bits per heavy atom. The maximum Gasteiger partial charge on any atom is 0.332 e. The lowest BCUT2D eigenvalue weighted by atomic mass is 10.5. The van der Waals surface area contributed by atoms with E-state index in [4.69, 9.17) is 0 Å². The van der Waals surface area contributed by atoms with Crippen molar-refractivity contribution in [1.29, 1.82) is 0 Å². The number of carbonyl (C=O) groups is 1. The first-order valence-electron chi connectivity index (χ1n) is 3.60. The van der Waals surface area contributed by atoms with Gasteiger partial charge < -0.3 is 4.74 Å². The molecule has 0 aromatic carbocycles. The van der Waals surface area contributed by atoms with E-state index < -0.39 is 22.4 Å². The predicted octanol–water partition coefficient (Wildman–Crippen LogP) is 0.428. The molecule has 5 nitrogen and oxygen atoms in total. The molecule has 0 bridgehead atoms. The van der Waals surface area contributed by atoms with Gasteiger partial charge in [0.1, 0.15) is 0 Å². The fourth-order valence-corrected chi connectivity index (χ4v) is 1.11. The van der Waals surface area contributed by atoms with Crippen LogP contribution >= 0.6 is 0 Å². The summed E-state index contributed by atoms with van der Waals surface area (Å²) in [4.78, 5) is 10.7. The molecule has 0 saturated heterocycles. The first-order chi connectivity index (χ1) is 5.89. The second kappa shape index (κ2) is 4.98. The van der Waals surface area contributed by atoms with Gasteiger partial charge in [-0.1, -0.05) is 13.5 Å². The lowest BCUT2D eigenvalue weighted by molar-refractivity contribution is -0.156. The van der Waals surface area contributed by atoms with E-state index in [1.54, 1.807) is 6.92 Å². The second-order valence-corrected chi connectivity index (χ2v) is 3.88. The minimum Gasteiger partial charge on any atom is -0.431 e. The smallest absolute Gasteiger partial charge is 0.332 e. The lowest BCUT2D eigenvalue weighted by Gasteiger charge is -2.13. The zero-order valence-electron chi connectivity index (χ0n) is 7.52. The van der Waals surface area contributed by atoms with Crippen molar-refractivity contribution in [3.8, 4) is 0 Å². The number of hydrogen-bond acceptors (Lipinski definition) is 5. The van der Waals surface area contributed by atoms with Crippen molar-refractivity contribution >= 4 is 16.1 Å². The number of ether oxygens (including phenoxy) is 1. The van der Waals surface area contributed by atoms with E-state index in [1.807, 2.05) is 0 Å². The maximum atomic E-state index is 10.7. The van der Waals surface area contributed by atoms with E-state index in [-0.39, 0.29) is 6.42 Å². The molecule has 0 amide bonds. The van der Waals surface area contributed by atoms with Crippen molar-refractivity contribution in [1.82, 2.24) is 0 Å². The van der Waals surface area contributed by atoms with Gasteiger partial charge in [0.25, 0.3) is 10.1 Å². The van der Waals surface area contributed by atoms with Crippen LogP contribution in [0.15, 0.2) is 12.7 Å². The molecule has 0 saturated carbocycles. The molecule has 6 heteroatoms. The van der Waals surface area contributed by atoms with Crippen LogP contribution in [0.4, 0.5) is 0 Å². The minimum atomic E-state index is -3.60. The molecular weight excluding hydrogens is 196 g/mol. The molecule has 0 radical (unpaired) electrons. The van der Waals surface area contributed by atoms with Gasteiger partial charge in [-0.3, -0.25) is 0 Å². The second-order valence-electron chi connectivity index (χ2n) is 2.28. The molecule has 0 rings (SSSR count). The van der Waals surface area contributed by atoms with Crippen LogP contribution in [0.25, 0.3) is 0 Å². The summed E-state index contributed by atoms with van der Waals surface area (Å²) >= 11 is 0. The van der Waals surface area contributed by atoms with E-state index in [2.05, 4.69) is 15.5 Å². The molecule has 1 unspecified atom stereocenters. The third kappa shape index (κ3) is 6.30. The van der Waals surface area contributed by atoms with Gasteiger partial charge in [-0.25, -0.2) is 8.98 Å². The van der Waals surface area contributed by atoms with Crippen LogP contribution in [0.1, 0.15) is 13.3 Å². The molecule has 1 atom stereocenters. The van der Waals surface area contributed by atoms with Gasteiger partial charge in [-0.05, 0) is 0 Å². The Balaban J connectivity index is 4.20. The molecule has 0 N–H and O–H groups in total. The van der Waals surface area contributed by atoms with E-state index >= 15 is 0 Å². The Morgan fingerprint density at radius 1 is 1.62 bits per heavy atom. The normalized spacial score (nSPS) is 13.4. The molecule has 0 aliphatic heterocycles. The Bertz CT molecular complexity index is 279. The summed E-state index contributed by atoms with van der Waals surface area (Å²) in [6.07, 6.45) is 1.01. The van der Waals surface area contributed by atoms with E-state index in [0.717, 1.165) is 12.3 Å². The zero-order chi connectivity index (χ0) is 10.5. The number of hydrogen-bond donors (Lipinski definition) is 0. The van der Waals surface area contributed by atoms with Crippen molar-refractivity contribution in [2.75, 3.05) is 6.26 Å². The van der Waals surface area contributed by atoms with Crippen molar-refractivity contribution in [2.45, 2.75) is 19.6 Å². The molecule has 0 fully saturated rings. The highest BCUT2D eigenvalue weighted by Crippen LogP contribution is 2.04. The van der Waals surface area contributed by atoms with Gasteiger partial charge in [0.15, 0.2) is 0 Å². The summed E-state index contributed by atoms with van der Waals surface area (Å²) in [6, 6.07) is 0. The Kier molecular flexibility index (Phi) is 4.64. The molecule has 0 aliphatic rings. The van der Waals surface area contributed by atoms with Crippen LogP contribution in [0.5, 0.6) is 0 Å². The van der Waals surface area contributed by atoms with Crippen LogP contribution in [0.3, 0.4) is 0 Å². The molecule has 76 valence electrons. The summed E-state index contributed by atoms with van der Waals surface area (Å²) in [5.41, 5.74) is 0. The van der Waals surface area contributed by atoms with E-state index in [0.29, 0.717) is 0 Å². The summed E-state index contributed by atoms with van der Waals surface area (Å²) in [5.74, 6) is -0.712. The lowest BCUT2D eigenvalue weighted by Crippen LogP contribution is -2.22. The highest BCUT2D eigenvalue weighted by atomic mass is 32.2. The largest absolute Gasteiger partial charge is 0.431 e. The average molecular weight is 208 g/mol. The molecular formula is C7H12O5S. The standard InChI is InChI=1S/C7H12O5S/c1-4-6(8)11-7(5-2)12-13(3,9)10/h4,7H,1,5H2,2-3H3. The predicted molar refractivity (Wildman–Crippen MR) is 46.3 cm³/mol. The van der Waals surface area contributed by atoms with Crippen molar-refractivity contribution in [2.24, 2.45) is 0 Å². The first kappa shape index (κ1) is 12.1. The van der Waals surface area contributed by atoms with Crippen LogP contribution in [0, 0.1) is 0 Å². The fourth-order valence-electron chi connectivity index (χ4n) is 0.544. The van der Waals surface area contributed by atoms with Crippen LogP contribution < -0.4 is 0 Å². The Hall–Kier alpha value is -0.880. The van der Waals surface area contributed by atoms with Crippen molar-refractivity contribution < 1.29 is 22.1 Å². The molecule has 0 aromatic heterocycles. The quantitative estimate of drug-likeness (QED) is 0.283. The highest BCUT2D eigenvalue weighted by Gasteiger charge is 2.16. The van der Waals surface area contributed by atoms with Crippen LogP contribution in [-0.4, -0.2) is 26.9 Å². The first-order valence-corrected chi connectivity index (χ1v) is 5.42. The average Bonchev–Trinajstić information content (AvgIpc) is 2.00. The number of rotatable bonds is 5. The highest BCUT2D eigenvalue weighted by molar-refractivity contribution is 7.86. The van der Waals surface area contributed by atoms with Crippen LogP contribution in [0.2, 0.25) is 0 Å². The zero-order valence-corrected chi connectivity index (χ0v) is 8.33. The maximum absolute atomic E-state index is 10.7. The summed E-state index contributed by atoms with van der Waals surface area (Å²) in [6.45, 7) is 4.80. The Labute approximate surface area is 77.5 Å². The molecule has 13 heavy (non-hydrogen) atoms. The third-order valence-corrected chi connectivity index (χ3v) is 1.59. The summed E-state index contributed by atoms with van der Waals surface area (Å²) < 4.78 is 30.3. The van der Waals surface area contributed by atoms with Gasteiger partial charge in [0, 0.05) is 12.5 Å². The number of esters is 1. The van der Waals surface area contributed by atoms with Gasteiger partial charge in [0.2, 0.25) is 6.29 Å². The van der Waals surface area contributed by atoms with Crippen LogP contribution in [-0.2, 0) is 23.8 Å². The topological polar surface area (TPSA) is 69.7 Å².